The normalized spacial score (nSPS) is 13.3. The largest absolute Gasteiger partial charge is 0.452 e. The third-order valence-electron chi connectivity index (χ3n) is 4.70. The Bertz CT molecular complexity index is 935. The van der Waals surface area contributed by atoms with E-state index < -0.39 is 12.2 Å². The number of hydrogen-bond acceptors (Lipinski definition) is 5. The highest BCUT2D eigenvalue weighted by atomic mass is 16.6. The molecule has 8 heteroatoms. The van der Waals surface area contributed by atoms with Gasteiger partial charge in [0.15, 0.2) is 0 Å². The molecule has 0 bridgehead atoms. The summed E-state index contributed by atoms with van der Waals surface area (Å²) < 4.78 is 12.0. The Balaban J connectivity index is 2.03. The number of methoxy groups -OCH3 is 1. The van der Waals surface area contributed by atoms with Gasteiger partial charge in [-0.25, -0.2) is 14.3 Å². The molecule has 2 amide bonds. The third-order valence-corrected chi connectivity index (χ3v) is 4.70. The van der Waals surface area contributed by atoms with Crippen LogP contribution in [0.2, 0.25) is 0 Å². The second-order valence-electron chi connectivity index (χ2n) is 7.00. The number of anilines is 2. The number of aromatic nitrogens is 2. The van der Waals surface area contributed by atoms with Gasteiger partial charge in [0.2, 0.25) is 0 Å². The Morgan fingerprint density at radius 3 is 2.45 bits per heavy atom. The molecule has 0 spiro atoms. The maximum absolute atomic E-state index is 12.6. The van der Waals surface area contributed by atoms with Gasteiger partial charge in [-0.1, -0.05) is 19.6 Å². The number of allylic oxidation sites excluding steroid dienone is 1. The zero-order valence-corrected chi connectivity index (χ0v) is 17.2. The van der Waals surface area contributed by atoms with Gasteiger partial charge < -0.3 is 9.47 Å². The number of benzene rings is 1. The summed E-state index contributed by atoms with van der Waals surface area (Å²) in [5, 5.41) is 4.35. The monoisotopic (exact) mass is 398 g/mol. The SMILES string of the molecule is C=C(CC)n1cc(-c2ccc3c(c2)N(C(=O)OC(C)C)CCN3C(=O)OC)cn1. The molecule has 0 aliphatic carbocycles. The summed E-state index contributed by atoms with van der Waals surface area (Å²) in [6.07, 6.45) is 3.27. The third kappa shape index (κ3) is 4.11. The molecule has 0 saturated heterocycles. The quantitative estimate of drug-likeness (QED) is 0.764. The summed E-state index contributed by atoms with van der Waals surface area (Å²) in [5.41, 5.74) is 3.82. The van der Waals surface area contributed by atoms with Crippen LogP contribution >= 0.6 is 0 Å². The molecule has 0 saturated carbocycles. The summed E-state index contributed by atoms with van der Waals surface area (Å²) in [6, 6.07) is 5.56. The second-order valence-corrected chi connectivity index (χ2v) is 7.00. The van der Waals surface area contributed by atoms with E-state index in [1.54, 1.807) is 29.6 Å². The average molecular weight is 398 g/mol. The van der Waals surface area contributed by atoms with E-state index in [-0.39, 0.29) is 6.10 Å². The van der Waals surface area contributed by atoms with Gasteiger partial charge in [-0.05, 0) is 38.0 Å². The average Bonchev–Trinajstić information content (AvgIpc) is 3.21. The van der Waals surface area contributed by atoms with E-state index in [0.29, 0.717) is 24.5 Å². The van der Waals surface area contributed by atoms with Gasteiger partial charge in [0.25, 0.3) is 0 Å². The molecule has 1 aliphatic rings. The number of nitrogens with zero attached hydrogens (tertiary/aromatic N) is 4. The second kappa shape index (κ2) is 8.38. The van der Waals surface area contributed by atoms with E-state index in [4.69, 9.17) is 9.47 Å². The van der Waals surface area contributed by atoms with Crippen molar-refractivity contribution < 1.29 is 19.1 Å². The number of amides is 2. The molecule has 0 radical (unpaired) electrons. The topological polar surface area (TPSA) is 76.9 Å². The maximum Gasteiger partial charge on any atom is 0.414 e. The number of carbonyl (C=O) groups excluding carboxylic acids is 2. The molecule has 2 heterocycles. The van der Waals surface area contributed by atoms with Crippen molar-refractivity contribution in [3.8, 4) is 11.1 Å². The lowest BCUT2D eigenvalue weighted by Gasteiger charge is -2.35. The van der Waals surface area contributed by atoms with Crippen LogP contribution in [-0.2, 0) is 9.47 Å². The van der Waals surface area contributed by atoms with Gasteiger partial charge in [-0.15, -0.1) is 0 Å². The summed E-state index contributed by atoms with van der Waals surface area (Å²) in [4.78, 5) is 27.9. The van der Waals surface area contributed by atoms with Crippen LogP contribution in [0.4, 0.5) is 21.0 Å². The number of hydrogen-bond donors (Lipinski definition) is 0. The van der Waals surface area contributed by atoms with Crippen molar-refractivity contribution in [2.24, 2.45) is 0 Å². The molecular weight excluding hydrogens is 372 g/mol. The Kier molecular flexibility index (Phi) is 5.91. The summed E-state index contributed by atoms with van der Waals surface area (Å²) in [7, 11) is 1.34. The fourth-order valence-corrected chi connectivity index (χ4v) is 3.15. The molecule has 29 heavy (non-hydrogen) atoms. The van der Waals surface area contributed by atoms with Crippen LogP contribution in [0.25, 0.3) is 16.8 Å². The van der Waals surface area contributed by atoms with Crippen LogP contribution in [0.15, 0.2) is 37.2 Å². The summed E-state index contributed by atoms with van der Waals surface area (Å²) >= 11 is 0. The number of fused-ring (bicyclic) bond motifs is 1. The molecule has 2 aromatic rings. The molecule has 1 aromatic heterocycles. The van der Waals surface area contributed by atoms with Crippen LogP contribution in [0.1, 0.15) is 27.2 Å². The lowest BCUT2D eigenvalue weighted by atomic mass is 10.1. The van der Waals surface area contributed by atoms with E-state index in [1.165, 1.54) is 12.0 Å². The molecule has 0 fully saturated rings. The van der Waals surface area contributed by atoms with Gasteiger partial charge in [0.1, 0.15) is 0 Å². The van der Waals surface area contributed by atoms with Crippen LogP contribution in [0, 0.1) is 0 Å². The van der Waals surface area contributed by atoms with Gasteiger partial charge in [0, 0.05) is 30.5 Å². The van der Waals surface area contributed by atoms with Crippen LogP contribution in [0.5, 0.6) is 0 Å². The van der Waals surface area contributed by atoms with Crippen molar-refractivity contribution in [1.29, 1.82) is 0 Å². The Hall–Kier alpha value is -3.29. The Labute approximate surface area is 170 Å². The van der Waals surface area contributed by atoms with Gasteiger partial charge in [-0.2, -0.15) is 5.10 Å². The Morgan fingerprint density at radius 2 is 1.83 bits per heavy atom. The van der Waals surface area contributed by atoms with E-state index in [0.717, 1.165) is 23.2 Å². The number of carbonyl (C=O) groups is 2. The minimum atomic E-state index is -0.469. The highest BCUT2D eigenvalue weighted by molar-refractivity contribution is 6.01. The number of rotatable bonds is 4. The van der Waals surface area contributed by atoms with Gasteiger partial charge in [-0.3, -0.25) is 9.80 Å². The molecule has 3 rings (SSSR count). The van der Waals surface area contributed by atoms with Gasteiger partial charge in [0.05, 0.1) is 30.8 Å². The molecule has 154 valence electrons. The Morgan fingerprint density at radius 1 is 1.14 bits per heavy atom. The zero-order chi connectivity index (χ0) is 21.1. The first kappa shape index (κ1) is 20.4. The predicted octanol–water partition coefficient (Wildman–Crippen LogP) is 4.37. The molecule has 0 unspecified atom stereocenters. The first-order valence-electron chi connectivity index (χ1n) is 9.56. The molecule has 1 aromatic carbocycles. The van der Waals surface area contributed by atoms with Crippen molar-refractivity contribution in [3.63, 3.8) is 0 Å². The predicted molar refractivity (Wildman–Crippen MR) is 112 cm³/mol. The van der Waals surface area contributed by atoms with Crippen molar-refractivity contribution in [2.75, 3.05) is 30.0 Å². The van der Waals surface area contributed by atoms with Crippen molar-refractivity contribution in [1.82, 2.24) is 9.78 Å². The van der Waals surface area contributed by atoms with Gasteiger partial charge >= 0.3 is 12.2 Å². The first-order chi connectivity index (χ1) is 13.8. The molecular formula is C21H26N4O4. The van der Waals surface area contributed by atoms with Crippen molar-refractivity contribution >= 4 is 29.3 Å². The van der Waals surface area contributed by atoms with Crippen LogP contribution in [0.3, 0.4) is 0 Å². The standard InChI is InChI=1S/C21H26N4O4/c1-6-15(4)25-13-17(12-22-25)16-7-8-18-19(11-16)24(21(27)29-14(2)3)10-9-23(18)20(26)28-5/h7-8,11-14H,4,6,9-10H2,1-3,5H3. The molecule has 0 N–H and O–H groups in total. The van der Waals surface area contributed by atoms with E-state index in [2.05, 4.69) is 11.7 Å². The fraction of sp³-hybridized carbons (Fsp3) is 0.381. The lowest BCUT2D eigenvalue weighted by molar-refractivity contribution is 0.122. The smallest absolute Gasteiger partial charge is 0.414 e. The molecule has 1 aliphatic heterocycles. The van der Waals surface area contributed by atoms with Crippen LogP contribution in [-0.4, -0.2) is 48.3 Å². The summed E-state index contributed by atoms with van der Waals surface area (Å²) in [5.74, 6) is 0. The first-order valence-corrected chi connectivity index (χ1v) is 9.56. The fourth-order valence-electron chi connectivity index (χ4n) is 3.15. The van der Waals surface area contributed by atoms with E-state index in [9.17, 15) is 9.59 Å². The molecule has 0 atom stereocenters. The highest BCUT2D eigenvalue weighted by Crippen LogP contribution is 2.37. The number of ether oxygens (including phenoxy) is 2. The molecule has 8 nitrogen and oxygen atoms in total. The van der Waals surface area contributed by atoms with Crippen molar-refractivity contribution in [2.45, 2.75) is 33.3 Å². The minimum absolute atomic E-state index is 0.244. The van der Waals surface area contributed by atoms with E-state index in [1.807, 2.05) is 31.3 Å². The zero-order valence-electron chi connectivity index (χ0n) is 17.2. The minimum Gasteiger partial charge on any atom is -0.452 e. The summed E-state index contributed by atoms with van der Waals surface area (Å²) in [6.45, 7) is 10.2. The maximum atomic E-state index is 12.6. The highest BCUT2D eigenvalue weighted by Gasteiger charge is 2.32. The van der Waals surface area contributed by atoms with Crippen molar-refractivity contribution in [3.05, 3.63) is 37.2 Å². The lowest BCUT2D eigenvalue weighted by Crippen LogP contribution is -2.47. The van der Waals surface area contributed by atoms with Crippen LogP contribution < -0.4 is 9.80 Å². The van der Waals surface area contributed by atoms with E-state index >= 15 is 0 Å².